The fourth-order valence-electron chi connectivity index (χ4n) is 3.31. The van der Waals surface area contributed by atoms with Crippen molar-refractivity contribution in [2.45, 2.75) is 50.7 Å². The Morgan fingerprint density at radius 1 is 1.09 bits per heavy atom. The zero-order chi connectivity index (χ0) is 16.3. The van der Waals surface area contributed by atoms with Gasteiger partial charge in [-0.25, -0.2) is 4.79 Å². The quantitative estimate of drug-likeness (QED) is 0.839. The molecule has 0 aromatic carbocycles. The van der Waals surface area contributed by atoms with E-state index < -0.39 is 36.1 Å². The van der Waals surface area contributed by atoms with Crippen molar-refractivity contribution in [3.63, 3.8) is 0 Å². The summed E-state index contributed by atoms with van der Waals surface area (Å²) < 4.78 is 39.5. The maximum Gasteiger partial charge on any atom is 0.408 e. The Hall–Kier alpha value is -1.47. The number of likely N-dealkylation sites (tertiary alicyclic amines) is 1. The van der Waals surface area contributed by atoms with Gasteiger partial charge in [-0.15, -0.1) is 0 Å². The van der Waals surface area contributed by atoms with Crippen LogP contribution in [0.15, 0.2) is 0 Å². The molecule has 8 heteroatoms. The third kappa shape index (κ3) is 4.04. The Labute approximate surface area is 126 Å². The number of hydrogen-bond donors (Lipinski definition) is 2. The standard InChI is InChI=1S/C14H21F3N2O3/c15-14(16,17)11(9-3-1-2-4-9)18-13(22)19-7-5-10(6-8-19)12(20)21/h9-11H,1-8H2,(H,18,22)(H,20,21). The van der Waals surface area contributed by atoms with E-state index >= 15 is 0 Å². The van der Waals surface area contributed by atoms with Crippen molar-refractivity contribution in [2.24, 2.45) is 11.8 Å². The van der Waals surface area contributed by atoms with Gasteiger partial charge in [0.05, 0.1) is 5.92 Å². The number of nitrogens with one attached hydrogen (secondary N) is 1. The second-order valence-electron chi connectivity index (χ2n) is 6.11. The monoisotopic (exact) mass is 322 g/mol. The van der Waals surface area contributed by atoms with Gasteiger partial charge in [-0.3, -0.25) is 4.79 Å². The lowest BCUT2D eigenvalue weighted by molar-refractivity contribution is -0.165. The van der Waals surface area contributed by atoms with Crippen molar-refractivity contribution in [3.8, 4) is 0 Å². The number of halogens is 3. The zero-order valence-corrected chi connectivity index (χ0v) is 12.2. The van der Waals surface area contributed by atoms with E-state index in [1.54, 1.807) is 0 Å². The molecule has 2 fully saturated rings. The molecule has 5 nitrogen and oxygen atoms in total. The van der Waals surface area contributed by atoms with Crippen LogP contribution in [0.2, 0.25) is 0 Å². The highest BCUT2D eigenvalue weighted by Gasteiger charge is 2.46. The number of carboxylic acids is 1. The molecule has 1 saturated heterocycles. The fourth-order valence-corrected chi connectivity index (χ4v) is 3.31. The topological polar surface area (TPSA) is 69.6 Å². The number of amides is 2. The van der Waals surface area contributed by atoms with Gasteiger partial charge in [0.15, 0.2) is 0 Å². The molecule has 2 rings (SSSR count). The summed E-state index contributed by atoms with van der Waals surface area (Å²) in [6.07, 6.45) is -1.42. The van der Waals surface area contributed by atoms with Crippen LogP contribution in [0, 0.1) is 11.8 Å². The lowest BCUT2D eigenvalue weighted by Crippen LogP contribution is -2.55. The SMILES string of the molecule is O=C(O)C1CCN(C(=O)NC(C2CCCC2)C(F)(F)F)CC1. The number of aliphatic carboxylic acids is 1. The number of alkyl halides is 3. The molecule has 0 spiro atoms. The first-order valence-corrected chi connectivity index (χ1v) is 7.64. The van der Waals surface area contributed by atoms with Gasteiger partial charge in [-0.2, -0.15) is 13.2 Å². The third-order valence-electron chi connectivity index (χ3n) is 4.63. The van der Waals surface area contributed by atoms with Crippen LogP contribution in [0.25, 0.3) is 0 Å². The van der Waals surface area contributed by atoms with Gasteiger partial charge < -0.3 is 15.3 Å². The van der Waals surface area contributed by atoms with Crippen LogP contribution in [-0.2, 0) is 4.79 Å². The molecular weight excluding hydrogens is 301 g/mol. The van der Waals surface area contributed by atoms with E-state index in [9.17, 15) is 22.8 Å². The molecule has 0 radical (unpaired) electrons. The minimum Gasteiger partial charge on any atom is -0.481 e. The number of carbonyl (C=O) groups is 2. The molecule has 1 atom stereocenters. The largest absolute Gasteiger partial charge is 0.481 e. The Kier molecular flexibility index (Phi) is 5.18. The highest BCUT2D eigenvalue weighted by Crippen LogP contribution is 2.35. The fraction of sp³-hybridized carbons (Fsp3) is 0.857. The van der Waals surface area contributed by atoms with Gasteiger partial charge in [-0.05, 0) is 31.6 Å². The second kappa shape index (κ2) is 6.75. The summed E-state index contributed by atoms with van der Waals surface area (Å²) in [5.41, 5.74) is 0. The lowest BCUT2D eigenvalue weighted by Gasteiger charge is -2.33. The van der Waals surface area contributed by atoms with Crippen LogP contribution in [0.3, 0.4) is 0 Å². The molecule has 126 valence electrons. The maximum absolute atomic E-state index is 13.2. The summed E-state index contributed by atoms with van der Waals surface area (Å²) in [6.45, 7) is 0.357. The summed E-state index contributed by atoms with van der Waals surface area (Å²) >= 11 is 0. The number of piperidine rings is 1. The minimum atomic E-state index is -4.45. The molecule has 1 saturated carbocycles. The molecule has 2 aliphatic rings. The Morgan fingerprint density at radius 3 is 2.09 bits per heavy atom. The molecular formula is C14H21F3N2O3. The molecule has 2 N–H and O–H groups in total. The van der Waals surface area contributed by atoms with Crippen molar-refractivity contribution in [3.05, 3.63) is 0 Å². The van der Waals surface area contributed by atoms with Crippen molar-refractivity contribution >= 4 is 12.0 Å². The van der Waals surface area contributed by atoms with Gasteiger partial charge in [-0.1, -0.05) is 12.8 Å². The first-order chi connectivity index (χ1) is 10.3. The van der Waals surface area contributed by atoms with E-state index in [4.69, 9.17) is 5.11 Å². The van der Waals surface area contributed by atoms with Crippen LogP contribution < -0.4 is 5.32 Å². The van der Waals surface area contributed by atoms with Gasteiger partial charge >= 0.3 is 18.2 Å². The smallest absolute Gasteiger partial charge is 0.408 e. The van der Waals surface area contributed by atoms with Gasteiger partial charge in [0.2, 0.25) is 0 Å². The van der Waals surface area contributed by atoms with E-state index in [1.807, 2.05) is 0 Å². The molecule has 2 amide bonds. The Balaban J connectivity index is 1.92. The molecule has 1 aliphatic carbocycles. The summed E-state index contributed by atoms with van der Waals surface area (Å²) in [4.78, 5) is 24.2. The van der Waals surface area contributed by atoms with Crippen molar-refractivity contribution in [2.75, 3.05) is 13.1 Å². The minimum absolute atomic E-state index is 0.179. The summed E-state index contributed by atoms with van der Waals surface area (Å²) in [5, 5.41) is 11.0. The summed E-state index contributed by atoms with van der Waals surface area (Å²) in [6, 6.07) is -2.54. The second-order valence-corrected chi connectivity index (χ2v) is 6.11. The number of carboxylic acid groups (broad SMARTS) is 1. The van der Waals surface area contributed by atoms with E-state index in [2.05, 4.69) is 5.32 Å². The third-order valence-corrected chi connectivity index (χ3v) is 4.63. The predicted molar refractivity (Wildman–Crippen MR) is 72.3 cm³/mol. The molecule has 0 aromatic rings. The molecule has 1 heterocycles. The normalized spacial score (nSPS) is 22.6. The van der Waals surface area contributed by atoms with Crippen molar-refractivity contribution < 1.29 is 27.9 Å². The highest BCUT2D eigenvalue weighted by atomic mass is 19.4. The van der Waals surface area contributed by atoms with Crippen LogP contribution in [0.4, 0.5) is 18.0 Å². The highest BCUT2D eigenvalue weighted by molar-refractivity contribution is 5.75. The first kappa shape index (κ1) is 16.9. The Morgan fingerprint density at radius 2 is 1.64 bits per heavy atom. The number of carbonyl (C=O) groups excluding carboxylic acids is 1. The molecule has 0 bridgehead atoms. The molecule has 0 aromatic heterocycles. The van der Waals surface area contributed by atoms with Crippen LogP contribution in [0.5, 0.6) is 0 Å². The summed E-state index contributed by atoms with van der Waals surface area (Å²) in [7, 11) is 0. The summed E-state index contributed by atoms with van der Waals surface area (Å²) in [5.74, 6) is -1.99. The van der Waals surface area contributed by atoms with Gasteiger partial charge in [0, 0.05) is 13.1 Å². The van der Waals surface area contributed by atoms with Crippen molar-refractivity contribution in [1.82, 2.24) is 10.2 Å². The number of hydrogen-bond acceptors (Lipinski definition) is 2. The van der Waals surface area contributed by atoms with Crippen molar-refractivity contribution in [1.29, 1.82) is 0 Å². The van der Waals surface area contributed by atoms with Crippen LogP contribution >= 0.6 is 0 Å². The van der Waals surface area contributed by atoms with E-state index in [-0.39, 0.29) is 25.9 Å². The van der Waals surface area contributed by atoms with E-state index in [0.717, 1.165) is 12.8 Å². The van der Waals surface area contributed by atoms with E-state index in [0.29, 0.717) is 12.8 Å². The first-order valence-electron chi connectivity index (χ1n) is 7.64. The number of nitrogens with zero attached hydrogens (tertiary/aromatic N) is 1. The average Bonchev–Trinajstić information content (AvgIpc) is 2.97. The molecule has 1 aliphatic heterocycles. The lowest BCUT2D eigenvalue weighted by atomic mass is 9.96. The number of rotatable bonds is 3. The van der Waals surface area contributed by atoms with Gasteiger partial charge in [0.1, 0.15) is 6.04 Å². The number of urea groups is 1. The zero-order valence-electron chi connectivity index (χ0n) is 12.2. The average molecular weight is 322 g/mol. The van der Waals surface area contributed by atoms with E-state index in [1.165, 1.54) is 4.90 Å². The van der Waals surface area contributed by atoms with Gasteiger partial charge in [0.25, 0.3) is 0 Å². The predicted octanol–water partition coefficient (Wildman–Crippen LogP) is 2.61. The molecule has 1 unspecified atom stereocenters. The molecule has 22 heavy (non-hydrogen) atoms. The van der Waals surface area contributed by atoms with Crippen LogP contribution in [0.1, 0.15) is 38.5 Å². The Bertz CT molecular complexity index is 414. The maximum atomic E-state index is 13.2. The van der Waals surface area contributed by atoms with Crippen LogP contribution in [-0.4, -0.2) is 47.3 Å².